The molecule has 0 atom stereocenters. The van der Waals surface area contributed by atoms with Gasteiger partial charge in [-0.05, 0) is 77.2 Å². The van der Waals surface area contributed by atoms with Gasteiger partial charge in [-0.15, -0.1) is 6.58 Å². The molecule has 0 bridgehead atoms. The van der Waals surface area contributed by atoms with Gasteiger partial charge in [0.05, 0.1) is 17.3 Å². The van der Waals surface area contributed by atoms with Crippen molar-refractivity contribution in [3.05, 3.63) is 75.7 Å². The predicted octanol–water partition coefficient (Wildman–Crippen LogP) is 5.16. The van der Waals surface area contributed by atoms with Crippen molar-refractivity contribution < 1.29 is 4.79 Å². The Morgan fingerprint density at radius 2 is 2.00 bits per heavy atom. The fourth-order valence-electron chi connectivity index (χ4n) is 3.13. The number of aliphatic imine (C=N–C) groups is 1. The lowest BCUT2D eigenvalue weighted by atomic mass is 10.1. The van der Waals surface area contributed by atoms with Gasteiger partial charge in [0.2, 0.25) is 0 Å². The lowest BCUT2D eigenvalue weighted by molar-refractivity contribution is 0.254. The van der Waals surface area contributed by atoms with Crippen LogP contribution in [0, 0.1) is 11.8 Å². The molecule has 2 amide bonds. The lowest BCUT2D eigenvalue weighted by Crippen LogP contribution is -2.31. The fourth-order valence-corrected chi connectivity index (χ4v) is 3.59. The van der Waals surface area contributed by atoms with E-state index in [9.17, 15) is 4.79 Å². The highest BCUT2D eigenvalue weighted by molar-refractivity contribution is 6.36. The molecule has 1 aliphatic rings. The van der Waals surface area contributed by atoms with Crippen LogP contribution in [0.3, 0.4) is 0 Å². The molecule has 5 N–H and O–H groups in total. The minimum Gasteiger partial charge on any atom is -0.387 e. The predicted molar refractivity (Wildman–Crippen MR) is 166 cm³/mol. The number of amidine groups is 1. The standard InChI is InChI=1S/C20H30N6.C8H8Cl2N2O/c1-7-11-22-14-16(3)13-17(4)19-20(21)23-15-24-26(19)18(8-2)10-9-12-25(5)6;1-11-8(13)12-7-3-2-5(9)4-6(7)10/h7-8,14-15,22H,1,11-13H2,2-6H3,(H2,21,23,24);2-4H,1H3,(H2,11,12,13)/b16-14+,18-8-,19-17+;. The zero-order valence-corrected chi connectivity index (χ0v) is 24.9. The molecule has 1 aromatic rings. The Morgan fingerprint density at radius 3 is 2.59 bits per heavy atom. The van der Waals surface area contributed by atoms with Crippen LogP contribution in [0.2, 0.25) is 10.0 Å². The molecule has 1 aliphatic heterocycles. The highest BCUT2D eigenvalue weighted by atomic mass is 35.5. The molecule has 0 fully saturated rings. The van der Waals surface area contributed by atoms with Crippen LogP contribution in [-0.2, 0) is 0 Å². The molecular formula is C28H38Cl2N8O. The number of carbonyl (C=O) groups excluding carboxylic acids is 1. The summed E-state index contributed by atoms with van der Waals surface area (Å²) in [5.41, 5.74) is 10.5. The number of nitrogens with two attached hydrogens (primary N) is 1. The first-order valence-corrected chi connectivity index (χ1v) is 12.9. The van der Waals surface area contributed by atoms with Gasteiger partial charge < -0.3 is 21.7 Å². The molecule has 9 nitrogen and oxygen atoms in total. The molecule has 0 spiro atoms. The minimum atomic E-state index is -0.316. The number of carbonyl (C=O) groups is 1. The summed E-state index contributed by atoms with van der Waals surface area (Å²) in [5, 5.41) is 15.3. The molecule has 11 heteroatoms. The molecule has 0 radical (unpaired) electrons. The largest absolute Gasteiger partial charge is 0.387 e. The number of benzene rings is 1. The highest BCUT2D eigenvalue weighted by Gasteiger charge is 2.21. The van der Waals surface area contributed by atoms with E-state index >= 15 is 0 Å². The van der Waals surface area contributed by atoms with Crippen LogP contribution in [0.1, 0.15) is 27.2 Å². The summed E-state index contributed by atoms with van der Waals surface area (Å²) in [4.78, 5) is 17.1. The third-order valence-corrected chi connectivity index (χ3v) is 5.44. The first kappa shape index (κ1) is 33.3. The van der Waals surface area contributed by atoms with E-state index in [-0.39, 0.29) is 6.03 Å². The Balaban J connectivity index is 0.000000487. The number of rotatable bonds is 8. The van der Waals surface area contributed by atoms with Crippen molar-refractivity contribution in [1.29, 1.82) is 0 Å². The van der Waals surface area contributed by atoms with Crippen molar-refractivity contribution in [3.63, 3.8) is 0 Å². The van der Waals surface area contributed by atoms with Crippen molar-refractivity contribution >= 4 is 47.1 Å². The molecule has 0 unspecified atom stereocenters. The van der Waals surface area contributed by atoms with Crippen molar-refractivity contribution in [2.75, 3.05) is 39.5 Å². The Bertz CT molecular complexity index is 1220. The second-order valence-electron chi connectivity index (χ2n) is 8.59. The van der Waals surface area contributed by atoms with E-state index in [2.05, 4.69) is 51.4 Å². The van der Waals surface area contributed by atoms with Gasteiger partial charge in [0, 0.05) is 18.6 Å². The van der Waals surface area contributed by atoms with Crippen molar-refractivity contribution in [3.8, 4) is 11.8 Å². The third kappa shape index (κ3) is 12.1. The molecule has 0 aromatic heterocycles. The van der Waals surface area contributed by atoms with E-state index < -0.39 is 0 Å². The van der Waals surface area contributed by atoms with Gasteiger partial charge in [0.15, 0.2) is 5.84 Å². The maximum absolute atomic E-state index is 10.9. The quantitative estimate of drug-likeness (QED) is 0.195. The lowest BCUT2D eigenvalue weighted by Gasteiger charge is -2.26. The van der Waals surface area contributed by atoms with Gasteiger partial charge in [0.25, 0.3) is 0 Å². The topological polar surface area (TPSA) is 110 Å². The Labute approximate surface area is 242 Å². The number of hydrogen-bond acceptors (Lipinski definition) is 7. The van der Waals surface area contributed by atoms with Gasteiger partial charge >= 0.3 is 6.03 Å². The maximum Gasteiger partial charge on any atom is 0.319 e. The number of nitrogens with one attached hydrogen (secondary N) is 3. The molecular weight excluding hydrogens is 535 g/mol. The SMILES string of the molecule is C=CCN/C=C(\C)C/C(C)=C1\C(N)=NC=NN1/C(C#CCN(C)C)=C\C.CNC(=O)Nc1ccc(Cl)cc1Cl. The first-order valence-electron chi connectivity index (χ1n) is 12.1. The zero-order valence-electron chi connectivity index (χ0n) is 23.4. The Hall–Kier alpha value is -3.71. The first-order chi connectivity index (χ1) is 18.5. The molecule has 2 rings (SSSR count). The zero-order chi connectivity index (χ0) is 29.4. The molecule has 39 heavy (non-hydrogen) atoms. The van der Waals surface area contributed by atoms with Crippen molar-refractivity contribution in [2.45, 2.75) is 27.2 Å². The Kier molecular flexibility index (Phi) is 15.2. The average Bonchev–Trinajstić information content (AvgIpc) is 2.88. The number of hydrogen-bond donors (Lipinski definition) is 4. The number of halogens is 2. The second-order valence-corrected chi connectivity index (χ2v) is 9.44. The smallest absolute Gasteiger partial charge is 0.319 e. The summed E-state index contributed by atoms with van der Waals surface area (Å²) < 4.78 is 0. The van der Waals surface area contributed by atoms with Gasteiger partial charge in [-0.2, -0.15) is 5.10 Å². The van der Waals surface area contributed by atoms with E-state index in [0.717, 1.165) is 29.9 Å². The molecule has 0 saturated heterocycles. The van der Waals surface area contributed by atoms with Crippen LogP contribution >= 0.6 is 23.2 Å². The second kappa shape index (κ2) is 17.7. The molecule has 1 heterocycles. The monoisotopic (exact) mass is 572 g/mol. The molecule has 1 aromatic carbocycles. The normalized spacial score (nSPS) is 14.4. The van der Waals surface area contributed by atoms with E-state index in [0.29, 0.717) is 28.1 Å². The number of anilines is 1. The average molecular weight is 574 g/mol. The maximum atomic E-state index is 10.9. The van der Waals surface area contributed by atoms with Gasteiger partial charge in [-0.25, -0.2) is 14.8 Å². The van der Waals surface area contributed by atoms with Crippen LogP contribution in [0.25, 0.3) is 0 Å². The van der Waals surface area contributed by atoms with Crippen molar-refractivity contribution in [1.82, 2.24) is 20.5 Å². The van der Waals surface area contributed by atoms with E-state index in [1.54, 1.807) is 23.2 Å². The Morgan fingerprint density at radius 1 is 1.28 bits per heavy atom. The van der Waals surface area contributed by atoms with Crippen LogP contribution in [0.5, 0.6) is 0 Å². The van der Waals surface area contributed by atoms with Gasteiger partial charge in [-0.3, -0.25) is 4.90 Å². The summed E-state index contributed by atoms with van der Waals surface area (Å²) in [5.74, 6) is 6.75. The fraction of sp³-hybridized carbons (Fsp3) is 0.321. The number of amides is 2. The number of allylic oxidation sites excluding steroid dienone is 4. The van der Waals surface area contributed by atoms with E-state index in [1.807, 2.05) is 51.2 Å². The van der Waals surface area contributed by atoms with Gasteiger partial charge in [0.1, 0.15) is 17.7 Å². The molecule has 0 saturated carbocycles. The van der Waals surface area contributed by atoms with Crippen LogP contribution in [0.4, 0.5) is 10.5 Å². The highest BCUT2D eigenvalue weighted by Crippen LogP contribution is 2.25. The third-order valence-electron chi connectivity index (χ3n) is 4.90. The molecule has 210 valence electrons. The van der Waals surface area contributed by atoms with E-state index in [1.165, 1.54) is 19.0 Å². The van der Waals surface area contributed by atoms with Crippen LogP contribution < -0.4 is 21.7 Å². The number of nitrogens with zero attached hydrogens (tertiary/aromatic N) is 4. The van der Waals surface area contributed by atoms with Crippen LogP contribution in [0.15, 0.2) is 75.8 Å². The summed E-state index contributed by atoms with van der Waals surface area (Å²) >= 11 is 11.5. The molecule has 0 aliphatic carbocycles. The van der Waals surface area contributed by atoms with Gasteiger partial charge in [-0.1, -0.05) is 46.8 Å². The number of hydrazone groups is 1. The van der Waals surface area contributed by atoms with Crippen molar-refractivity contribution in [2.24, 2.45) is 15.8 Å². The summed E-state index contributed by atoms with van der Waals surface area (Å²) in [6.45, 7) is 11.1. The number of urea groups is 1. The van der Waals surface area contributed by atoms with Crippen LogP contribution in [-0.4, -0.2) is 62.3 Å². The minimum absolute atomic E-state index is 0.316. The summed E-state index contributed by atoms with van der Waals surface area (Å²) in [6, 6.07) is 4.54. The summed E-state index contributed by atoms with van der Waals surface area (Å²) in [6.07, 6.45) is 7.95. The van der Waals surface area contributed by atoms with E-state index in [4.69, 9.17) is 28.9 Å². The summed E-state index contributed by atoms with van der Waals surface area (Å²) in [7, 11) is 5.50.